The van der Waals surface area contributed by atoms with Crippen molar-refractivity contribution >= 4 is 34.5 Å². The first-order chi connectivity index (χ1) is 16.8. The van der Waals surface area contributed by atoms with Crippen LogP contribution in [-0.4, -0.2) is 39.7 Å². The SMILES string of the molecule is CC(=O)CCC(=O)NCC(=O)OC1C(=O)OCc2c1cc1n(c2=O)Cc2cc3ccccc3nc2-1. The zero-order valence-corrected chi connectivity index (χ0v) is 18.8. The van der Waals surface area contributed by atoms with E-state index in [1.165, 1.54) is 6.92 Å². The van der Waals surface area contributed by atoms with Gasteiger partial charge in [-0.1, -0.05) is 18.2 Å². The number of amides is 1. The molecule has 1 unspecified atom stereocenters. The maximum atomic E-state index is 13.3. The van der Waals surface area contributed by atoms with Gasteiger partial charge in [-0.25, -0.2) is 9.78 Å². The van der Waals surface area contributed by atoms with Gasteiger partial charge in [0.1, 0.15) is 18.9 Å². The van der Waals surface area contributed by atoms with Crippen molar-refractivity contribution < 1.29 is 28.7 Å². The molecular weight excluding hydrogens is 454 g/mol. The Kier molecular flexibility index (Phi) is 5.64. The van der Waals surface area contributed by atoms with Gasteiger partial charge in [-0.3, -0.25) is 14.4 Å². The summed E-state index contributed by atoms with van der Waals surface area (Å²) in [6, 6.07) is 11.2. The monoisotopic (exact) mass is 475 g/mol. The van der Waals surface area contributed by atoms with Crippen molar-refractivity contribution in [3.63, 3.8) is 0 Å². The Labute approximate surface area is 198 Å². The third-order valence-electron chi connectivity index (χ3n) is 6.05. The van der Waals surface area contributed by atoms with Crippen LogP contribution in [-0.2, 0) is 41.8 Å². The number of rotatable bonds is 6. The summed E-state index contributed by atoms with van der Waals surface area (Å²) in [5.74, 6) is -2.31. The van der Waals surface area contributed by atoms with Crippen molar-refractivity contribution in [1.29, 1.82) is 0 Å². The fourth-order valence-electron chi connectivity index (χ4n) is 4.29. The molecule has 3 aromatic rings. The zero-order valence-electron chi connectivity index (χ0n) is 18.8. The topological polar surface area (TPSA) is 134 Å². The summed E-state index contributed by atoms with van der Waals surface area (Å²) in [5.41, 5.74) is 2.94. The van der Waals surface area contributed by atoms with Gasteiger partial charge in [0.2, 0.25) is 12.0 Å². The van der Waals surface area contributed by atoms with E-state index in [9.17, 15) is 24.0 Å². The number of nitrogens with one attached hydrogen (secondary N) is 1. The molecule has 0 bridgehead atoms. The average Bonchev–Trinajstić information content (AvgIpc) is 3.19. The van der Waals surface area contributed by atoms with E-state index in [0.29, 0.717) is 17.9 Å². The summed E-state index contributed by atoms with van der Waals surface area (Å²) in [4.78, 5) is 65.6. The van der Waals surface area contributed by atoms with E-state index in [1.807, 2.05) is 30.3 Å². The highest BCUT2D eigenvalue weighted by molar-refractivity contribution is 5.88. The fourth-order valence-corrected chi connectivity index (χ4v) is 4.29. The lowest BCUT2D eigenvalue weighted by Gasteiger charge is -2.25. The number of Topliss-reactive ketones (excluding diaryl/α,β-unsaturated/α-hetero) is 1. The van der Waals surface area contributed by atoms with Crippen LogP contribution in [0, 0.1) is 0 Å². The van der Waals surface area contributed by atoms with E-state index in [-0.39, 0.29) is 41.9 Å². The summed E-state index contributed by atoms with van der Waals surface area (Å²) >= 11 is 0. The Balaban J connectivity index is 1.43. The Morgan fingerprint density at radius 2 is 1.97 bits per heavy atom. The summed E-state index contributed by atoms with van der Waals surface area (Å²) < 4.78 is 12.0. The molecule has 2 aliphatic heterocycles. The number of cyclic esters (lactones) is 1. The van der Waals surface area contributed by atoms with Crippen LogP contribution in [0.15, 0.2) is 41.2 Å². The molecule has 0 fully saturated rings. The third-order valence-corrected chi connectivity index (χ3v) is 6.05. The number of nitrogens with zero attached hydrogens (tertiary/aromatic N) is 2. The van der Waals surface area contributed by atoms with Crippen LogP contribution in [0.3, 0.4) is 0 Å². The number of aromatic nitrogens is 2. The van der Waals surface area contributed by atoms with Crippen molar-refractivity contribution in [2.24, 2.45) is 0 Å². The van der Waals surface area contributed by atoms with E-state index in [0.717, 1.165) is 16.5 Å². The van der Waals surface area contributed by atoms with E-state index < -0.39 is 30.5 Å². The quantitative estimate of drug-likeness (QED) is 0.415. The van der Waals surface area contributed by atoms with Gasteiger partial charge in [0.05, 0.1) is 29.0 Å². The average molecular weight is 475 g/mol. The standard InChI is InChI=1S/C25H21N3O7/c1-13(29)6-7-20(30)26-10-21(31)35-23-16-9-19-22-15(8-14-4-2-3-5-18(14)27-22)11-28(19)24(32)17(16)12-34-25(23)33/h2-5,8-9,23H,6-7,10-12H2,1H3,(H,26,30). The minimum Gasteiger partial charge on any atom is -0.458 e. The lowest BCUT2D eigenvalue weighted by Crippen LogP contribution is -2.37. The van der Waals surface area contributed by atoms with Crippen LogP contribution in [0.1, 0.15) is 42.6 Å². The second-order valence-electron chi connectivity index (χ2n) is 8.50. The third kappa shape index (κ3) is 4.18. The maximum Gasteiger partial charge on any atom is 0.352 e. The molecule has 1 aromatic carbocycles. The number of fused-ring (bicyclic) bond motifs is 5. The molecular formula is C25H21N3O7. The Morgan fingerprint density at radius 3 is 2.77 bits per heavy atom. The van der Waals surface area contributed by atoms with Gasteiger partial charge in [0, 0.05) is 29.4 Å². The molecule has 4 heterocycles. The number of ketones is 1. The maximum absolute atomic E-state index is 13.3. The first kappa shape index (κ1) is 22.5. The molecule has 0 saturated carbocycles. The first-order valence-electron chi connectivity index (χ1n) is 11.1. The summed E-state index contributed by atoms with van der Waals surface area (Å²) in [5, 5.41) is 3.31. The van der Waals surface area contributed by atoms with Gasteiger partial charge in [-0.2, -0.15) is 0 Å². The largest absolute Gasteiger partial charge is 0.458 e. The molecule has 0 aliphatic carbocycles. The highest BCUT2D eigenvalue weighted by atomic mass is 16.6. The van der Waals surface area contributed by atoms with E-state index >= 15 is 0 Å². The van der Waals surface area contributed by atoms with Gasteiger partial charge in [-0.15, -0.1) is 0 Å². The molecule has 35 heavy (non-hydrogen) atoms. The van der Waals surface area contributed by atoms with Crippen molar-refractivity contribution in [3.05, 3.63) is 63.4 Å². The summed E-state index contributed by atoms with van der Waals surface area (Å²) in [6.45, 7) is 0.980. The van der Waals surface area contributed by atoms with Crippen LogP contribution in [0.4, 0.5) is 0 Å². The molecule has 0 saturated heterocycles. The second kappa shape index (κ2) is 8.79. The fraction of sp³-hybridized carbons (Fsp3) is 0.280. The van der Waals surface area contributed by atoms with E-state index in [1.54, 1.807) is 10.6 Å². The summed E-state index contributed by atoms with van der Waals surface area (Å²) in [7, 11) is 0. The van der Waals surface area contributed by atoms with Gasteiger partial charge in [-0.05, 0) is 25.1 Å². The summed E-state index contributed by atoms with van der Waals surface area (Å²) in [6.07, 6.45) is -1.44. The number of esters is 2. The van der Waals surface area contributed by atoms with Gasteiger partial charge >= 0.3 is 11.9 Å². The number of ether oxygens (including phenoxy) is 2. The first-order valence-corrected chi connectivity index (χ1v) is 11.1. The Hall–Kier alpha value is -4.34. The molecule has 0 spiro atoms. The second-order valence-corrected chi connectivity index (χ2v) is 8.50. The molecule has 2 aliphatic rings. The molecule has 178 valence electrons. The van der Waals surface area contributed by atoms with Crippen LogP contribution in [0.2, 0.25) is 0 Å². The number of hydrogen-bond acceptors (Lipinski definition) is 8. The van der Waals surface area contributed by atoms with E-state index in [2.05, 4.69) is 5.32 Å². The van der Waals surface area contributed by atoms with E-state index in [4.69, 9.17) is 14.5 Å². The smallest absolute Gasteiger partial charge is 0.352 e. The van der Waals surface area contributed by atoms with Crippen LogP contribution in [0.25, 0.3) is 22.3 Å². The van der Waals surface area contributed by atoms with Crippen molar-refractivity contribution in [3.8, 4) is 11.4 Å². The molecule has 5 rings (SSSR count). The molecule has 1 atom stereocenters. The minimum atomic E-state index is -1.44. The number of pyridine rings is 2. The Morgan fingerprint density at radius 1 is 1.17 bits per heavy atom. The number of carbonyl (C=O) groups excluding carboxylic acids is 4. The highest BCUT2D eigenvalue weighted by Gasteiger charge is 2.37. The van der Waals surface area contributed by atoms with Crippen molar-refractivity contribution in [1.82, 2.24) is 14.9 Å². The van der Waals surface area contributed by atoms with Gasteiger partial charge in [0.15, 0.2) is 0 Å². The predicted octanol–water partition coefficient (Wildman–Crippen LogP) is 1.55. The van der Waals surface area contributed by atoms with Crippen LogP contribution >= 0.6 is 0 Å². The minimum absolute atomic E-state index is 0.0547. The number of carbonyl (C=O) groups is 4. The molecule has 10 heteroatoms. The number of para-hydroxylation sites is 1. The molecule has 1 N–H and O–H groups in total. The van der Waals surface area contributed by atoms with Crippen LogP contribution < -0.4 is 10.9 Å². The highest BCUT2D eigenvalue weighted by Crippen LogP contribution is 2.36. The number of benzene rings is 1. The Bertz CT molecular complexity index is 1470. The lowest BCUT2D eigenvalue weighted by molar-refractivity contribution is -0.171. The lowest BCUT2D eigenvalue weighted by atomic mass is 10.00. The predicted molar refractivity (Wildman–Crippen MR) is 122 cm³/mol. The van der Waals surface area contributed by atoms with Gasteiger partial charge in [0.25, 0.3) is 5.56 Å². The molecule has 2 aromatic heterocycles. The van der Waals surface area contributed by atoms with Gasteiger partial charge < -0.3 is 24.2 Å². The molecule has 1 amide bonds. The normalized spacial score (nSPS) is 15.6. The molecule has 0 radical (unpaired) electrons. The van der Waals surface area contributed by atoms with Crippen molar-refractivity contribution in [2.45, 2.75) is 39.0 Å². The number of hydrogen-bond donors (Lipinski definition) is 1. The molecule has 10 nitrogen and oxygen atoms in total. The van der Waals surface area contributed by atoms with Crippen LogP contribution in [0.5, 0.6) is 0 Å². The van der Waals surface area contributed by atoms with Crippen molar-refractivity contribution in [2.75, 3.05) is 6.54 Å². The zero-order chi connectivity index (χ0) is 24.7.